The van der Waals surface area contributed by atoms with Gasteiger partial charge in [-0.2, -0.15) is 13.2 Å². The summed E-state index contributed by atoms with van der Waals surface area (Å²) in [4.78, 5) is 2.48. The Morgan fingerprint density at radius 1 is 0.871 bits per heavy atom. The van der Waals surface area contributed by atoms with Crippen molar-refractivity contribution in [2.24, 2.45) is 10.2 Å². The Bertz CT molecular complexity index is 1300. The standard InChI is InChI=1S/C23H18F3N3O2/c1-12-8-13(2)10-14(9-12)16-4-3-5-18(21(16)30)28-29-20-17-7-6-15(23(24,25)26)11-19(17)27-22(20)31/h3-11,27,30-31H,1-2H3. The number of para-hydroxylation sites is 1. The number of phenolic OH excluding ortho intramolecular Hbond substituents is 1. The van der Waals surface area contributed by atoms with E-state index in [1.54, 1.807) is 18.2 Å². The number of aryl methyl sites for hydroxylation is 2. The van der Waals surface area contributed by atoms with Crippen LogP contribution in [0, 0.1) is 13.8 Å². The van der Waals surface area contributed by atoms with E-state index in [9.17, 15) is 23.4 Å². The summed E-state index contributed by atoms with van der Waals surface area (Å²) in [5.41, 5.74) is 2.87. The highest BCUT2D eigenvalue weighted by Gasteiger charge is 2.31. The van der Waals surface area contributed by atoms with Crippen LogP contribution in [0.2, 0.25) is 0 Å². The minimum Gasteiger partial charge on any atom is -0.505 e. The van der Waals surface area contributed by atoms with Gasteiger partial charge in [0.15, 0.2) is 11.4 Å². The molecule has 0 saturated heterocycles. The normalized spacial score (nSPS) is 12.2. The van der Waals surface area contributed by atoms with E-state index in [4.69, 9.17) is 0 Å². The summed E-state index contributed by atoms with van der Waals surface area (Å²) in [5.74, 6) is -0.502. The van der Waals surface area contributed by atoms with E-state index in [2.05, 4.69) is 15.2 Å². The minimum atomic E-state index is -4.50. The van der Waals surface area contributed by atoms with Crippen LogP contribution in [-0.2, 0) is 6.18 Å². The van der Waals surface area contributed by atoms with Crippen LogP contribution in [0.3, 0.4) is 0 Å². The molecule has 0 unspecified atom stereocenters. The Balaban J connectivity index is 1.74. The summed E-state index contributed by atoms with van der Waals surface area (Å²) < 4.78 is 38.8. The molecule has 0 aliphatic carbocycles. The number of aromatic amines is 1. The quantitative estimate of drug-likeness (QED) is 0.301. The van der Waals surface area contributed by atoms with Crippen LogP contribution in [0.1, 0.15) is 16.7 Å². The molecule has 158 valence electrons. The van der Waals surface area contributed by atoms with Gasteiger partial charge in [0.2, 0.25) is 5.88 Å². The summed E-state index contributed by atoms with van der Waals surface area (Å²) in [5, 5.41) is 29.1. The number of nitrogens with one attached hydrogen (secondary N) is 1. The van der Waals surface area contributed by atoms with E-state index in [1.807, 2.05) is 32.0 Å². The van der Waals surface area contributed by atoms with Crippen LogP contribution >= 0.6 is 0 Å². The van der Waals surface area contributed by atoms with Gasteiger partial charge in [-0.05, 0) is 43.7 Å². The highest BCUT2D eigenvalue weighted by Crippen LogP contribution is 2.42. The number of H-pyrrole nitrogens is 1. The molecule has 3 aromatic carbocycles. The second-order valence-electron chi connectivity index (χ2n) is 7.33. The van der Waals surface area contributed by atoms with Crippen molar-refractivity contribution in [1.29, 1.82) is 0 Å². The van der Waals surface area contributed by atoms with E-state index in [1.165, 1.54) is 6.07 Å². The minimum absolute atomic E-state index is 0.0140. The number of benzene rings is 3. The Labute approximate surface area is 175 Å². The monoisotopic (exact) mass is 425 g/mol. The van der Waals surface area contributed by atoms with Crippen molar-refractivity contribution in [3.05, 3.63) is 71.3 Å². The number of nitrogens with zero attached hydrogens (tertiary/aromatic N) is 2. The van der Waals surface area contributed by atoms with Gasteiger partial charge in [0, 0.05) is 10.9 Å². The first-order valence-electron chi connectivity index (χ1n) is 9.38. The van der Waals surface area contributed by atoms with Crippen LogP contribution in [0.4, 0.5) is 24.5 Å². The molecule has 31 heavy (non-hydrogen) atoms. The molecule has 0 aliphatic heterocycles. The summed E-state index contributed by atoms with van der Waals surface area (Å²) in [7, 11) is 0. The molecule has 1 heterocycles. The fraction of sp³-hybridized carbons (Fsp3) is 0.130. The number of aromatic hydroxyl groups is 2. The molecule has 0 saturated carbocycles. The van der Waals surface area contributed by atoms with E-state index < -0.39 is 17.6 Å². The average Bonchev–Trinajstić information content (AvgIpc) is 3.00. The number of azo groups is 1. The Kier molecular flexibility index (Phi) is 4.93. The third-order valence-corrected chi connectivity index (χ3v) is 4.88. The SMILES string of the molecule is Cc1cc(C)cc(-c2cccc(N=Nc3c(O)[nH]c4cc(C(F)(F)F)ccc34)c2O)c1. The predicted octanol–water partition coefficient (Wildman–Crippen LogP) is 7.30. The molecule has 8 heteroatoms. The van der Waals surface area contributed by atoms with Crippen molar-refractivity contribution >= 4 is 22.3 Å². The highest BCUT2D eigenvalue weighted by molar-refractivity contribution is 5.94. The fourth-order valence-corrected chi connectivity index (χ4v) is 3.53. The van der Waals surface area contributed by atoms with Gasteiger partial charge in [-0.3, -0.25) is 0 Å². The van der Waals surface area contributed by atoms with Gasteiger partial charge in [-0.1, -0.05) is 41.5 Å². The van der Waals surface area contributed by atoms with Crippen molar-refractivity contribution in [3.8, 4) is 22.8 Å². The second kappa shape index (κ2) is 7.46. The Morgan fingerprint density at radius 3 is 2.26 bits per heavy atom. The molecule has 0 spiro atoms. The summed E-state index contributed by atoms with van der Waals surface area (Å²) >= 11 is 0. The van der Waals surface area contributed by atoms with E-state index in [-0.39, 0.29) is 28.0 Å². The van der Waals surface area contributed by atoms with E-state index in [0.29, 0.717) is 5.56 Å². The van der Waals surface area contributed by atoms with Gasteiger partial charge in [0.1, 0.15) is 5.69 Å². The zero-order valence-corrected chi connectivity index (χ0v) is 16.6. The van der Waals surface area contributed by atoms with Crippen molar-refractivity contribution in [2.45, 2.75) is 20.0 Å². The third-order valence-electron chi connectivity index (χ3n) is 4.88. The first kappa shape index (κ1) is 20.5. The molecule has 0 amide bonds. The predicted molar refractivity (Wildman–Crippen MR) is 112 cm³/mol. The molecule has 1 aromatic heterocycles. The second-order valence-corrected chi connectivity index (χ2v) is 7.33. The molecule has 4 rings (SSSR count). The van der Waals surface area contributed by atoms with Gasteiger partial charge in [0.05, 0.1) is 11.1 Å². The Hall–Kier alpha value is -3.81. The van der Waals surface area contributed by atoms with E-state index >= 15 is 0 Å². The summed E-state index contributed by atoms with van der Waals surface area (Å²) in [6.07, 6.45) is -4.50. The lowest BCUT2D eigenvalue weighted by atomic mass is 9.99. The van der Waals surface area contributed by atoms with Crippen LogP contribution in [0.25, 0.3) is 22.0 Å². The maximum Gasteiger partial charge on any atom is 0.416 e. The van der Waals surface area contributed by atoms with Crippen LogP contribution < -0.4 is 0 Å². The number of aromatic nitrogens is 1. The first-order chi connectivity index (χ1) is 14.6. The van der Waals surface area contributed by atoms with E-state index in [0.717, 1.165) is 28.8 Å². The van der Waals surface area contributed by atoms with Gasteiger partial charge < -0.3 is 15.2 Å². The smallest absolute Gasteiger partial charge is 0.416 e. The van der Waals surface area contributed by atoms with Crippen LogP contribution in [0.15, 0.2) is 64.8 Å². The average molecular weight is 425 g/mol. The number of rotatable bonds is 3. The summed E-state index contributed by atoms with van der Waals surface area (Å²) in [6, 6.07) is 13.9. The Morgan fingerprint density at radius 2 is 1.58 bits per heavy atom. The van der Waals surface area contributed by atoms with Crippen LogP contribution in [-0.4, -0.2) is 15.2 Å². The van der Waals surface area contributed by atoms with Gasteiger partial charge in [-0.15, -0.1) is 10.2 Å². The number of alkyl halides is 3. The lowest BCUT2D eigenvalue weighted by Crippen LogP contribution is -2.03. The molecular formula is C23H18F3N3O2. The fourth-order valence-electron chi connectivity index (χ4n) is 3.53. The molecule has 0 atom stereocenters. The van der Waals surface area contributed by atoms with Gasteiger partial charge >= 0.3 is 6.18 Å². The highest BCUT2D eigenvalue weighted by atomic mass is 19.4. The molecule has 3 N–H and O–H groups in total. The number of hydrogen-bond donors (Lipinski definition) is 3. The van der Waals surface area contributed by atoms with Crippen molar-refractivity contribution in [3.63, 3.8) is 0 Å². The zero-order chi connectivity index (χ0) is 22.3. The lowest BCUT2D eigenvalue weighted by Gasteiger charge is -2.09. The zero-order valence-electron chi connectivity index (χ0n) is 16.6. The molecule has 0 aliphatic rings. The van der Waals surface area contributed by atoms with Crippen molar-refractivity contribution in [1.82, 2.24) is 4.98 Å². The molecular weight excluding hydrogens is 407 g/mol. The third kappa shape index (κ3) is 3.96. The lowest BCUT2D eigenvalue weighted by molar-refractivity contribution is -0.137. The summed E-state index contributed by atoms with van der Waals surface area (Å²) in [6.45, 7) is 3.92. The van der Waals surface area contributed by atoms with Crippen LogP contribution in [0.5, 0.6) is 11.6 Å². The molecule has 5 nitrogen and oxygen atoms in total. The first-order valence-corrected chi connectivity index (χ1v) is 9.38. The maximum absolute atomic E-state index is 12.9. The molecule has 0 radical (unpaired) electrons. The van der Waals surface area contributed by atoms with Gasteiger partial charge in [0.25, 0.3) is 0 Å². The topological polar surface area (TPSA) is 81.0 Å². The maximum atomic E-state index is 12.9. The number of phenols is 1. The molecule has 0 bridgehead atoms. The number of halogens is 3. The molecule has 0 fully saturated rings. The largest absolute Gasteiger partial charge is 0.505 e. The van der Waals surface area contributed by atoms with Crippen molar-refractivity contribution in [2.75, 3.05) is 0 Å². The van der Waals surface area contributed by atoms with Gasteiger partial charge in [-0.25, -0.2) is 0 Å². The van der Waals surface area contributed by atoms with Crippen molar-refractivity contribution < 1.29 is 23.4 Å². The molecule has 4 aromatic rings. The number of hydrogen-bond acceptors (Lipinski definition) is 4. The number of fused-ring (bicyclic) bond motifs is 1.